The normalized spacial score (nSPS) is 16.1. The lowest BCUT2D eigenvalue weighted by Crippen LogP contribution is -2.32. The first-order valence-corrected chi connectivity index (χ1v) is 7.11. The molecule has 4 nitrogen and oxygen atoms in total. The van der Waals surface area contributed by atoms with Crippen LogP contribution in [0.2, 0.25) is 0 Å². The predicted octanol–water partition coefficient (Wildman–Crippen LogP) is 2.20. The third kappa shape index (κ3) is 3.06. The lowest BCUT2D eigenvalue weighted by atomic mass is 10.1. The predicted molar refractivity (Wildman–Crippen MR) is 83.4 cm³/mol. The number of amides is 1. The van der Waals surface area contributed by atoms with Crippen molar-refractivity contribution in [1.82, 2.24) is 0 Å². The lowest BCUT2D eigenvalue weighted by molar-refractivity contribution is -0.116. The number of fused-ring (bicyclic) bond motifs is 1. The van der Waals surface area contributed by atoms with E-state index in [2.05, 4.69) is 10.6 Å². The Bertz CT molecular complexity index is 612. The molecule has 0 radical (unpaired) electrons. The molecule has 0 fully saturated rings. The number of para-hydroxylation sites is 1. The van der Waals surface area contributed by atoms with Crippen molar-refractivity contribution in [2.24, 2.45) is 0 Å². The number of nitrogens with one attached hydrogen (secondary N) is 2. The van der Waals surface area contributed by atoms with Gasteiger partial charge in [0.05, 0.1) is 0 Å². The Hall–Kier alpha value is -2.33. The molecule has 1 amide bonds. The minimum atomic E-state index is -0.223. The summed E-state index contributed by atoms with van der Waals surface area (Å²) in [6.07, 6.45) is 1.35. The Balaban J connectivity index is 1.62. The van der Waals surface area contributed by atoms with Crippen LogP contribution in [0.25, 0.3) is 0 Å². The number of aliphatic hydroxyl groups excluding tert-OH is 1. The van der Waals surface area contributed by atoms with Crippen molar-refractivity contribution in [2.75, 3.05) is 17.2 Å². The average molecular weight is 282 g/mol. The van der Waals surface area contributed by atoms with Crippen LogP contribution in [0.5, 0.6) is 0 Å². The van der Waals surface area contributed by atoms with Crippen LogP contribution in [0.1, 0.15) is 11.1 Å². The molecule has 108 valence electrons. The molecule has 0 aliphatic carbocycles. The Morgan fingerprint density at radius 2 is 1.95 bits per heavy atom. The van der Waals surface area contributed by atoms with E-state index in [4.69, 9.17) is 5.11 Å². The summed E-state index contributed by atoms with van der Waals surface area (Å²) in [5.74, 6) is -0.0268. The maximum Gasteiger partial charge on any atom is 0.247 e. The summed E-state index contributed by atoms with van der Waals surface area (Å²) in [5, 5.41) is 15.1. The molecule has 1 aliphatic rings. The van der Waals surface area contributed by atoms with Gasteiger partial charge in [0.2, 0.25) is 5.91 Å². The molecule has 21 heavy (non-hydrogen) atoms. The molecular formula is C17H18N2O2. The van der Waals surface area contributed by atoms with Crippen LogP contribution < -0.4 is 10.6 Å². The summed E-state index contributed by atoms with van der Waals surface area (Å²) in [6.45, 7) is 0.135. The van der Waals surface area contributed by atoms with Gasteiger partial charge in [-0.15, -0.1) is 0 Å². The summed E-state index contributed by atoms with van der Waals surface area (Å²) in [6, 6.07) is 15.3. The second kappa shape index (κ2) is 5.97. The van der Waals surface area contributed by atoms with E-state index in [-0.39, 0.29) is 18.6 Å². The summed E-state index contributed by atoms with van der Waals surface area (Å²) in [7, 11) is 0. The van der Waals surface area contributed by atoms with Gasteiger partial charge < -0.3 is 15.7 Å². The van der Waals surface area contributed by atoms with Crippen molar-refractivity contribution in [2.45, 2.75) is 18.9 Å². The maximum absolute atomic E-state index is 12.3. The van der Waals surface area contributed by atoms with Crippen molar-refractivity contribution in [3.05, 3.63) is 59.7 Å². The molecular weight excluding hydrogens is 264 g/mol. The van der Waals surface area contributed by atoms with E-state index in [0.717, 1.165) is 16.9 Å². The quantitative estimate of drug-likeness (QED) is 0.805. The standard InChI is InChI=1S/C17H18N2O2/c20-10-9-12-5-7-14(8-6-12)18-17(21)16-11-13-3-1-2-4-15(13)19-16/h1-8,16,19-20H,9-11H2,(H,18,21). The minimum Gasteiger partial charge on any atom is -0.396 e. The smallest absolute Gasteiger partial charge is 0.247 e. The van der Waals surface area contributed by atoms with Gasteiger partial charge in [-0.2, -0.15) is 0 Å². The number of rotatable bonds is 4. The van der Waals surface area contributed by atoms with Gasteiger partial charge in [-0.25, -0.2) is 0 Å². The van der Waals surface area contributed by atoms with Crippen molar-refractivity contribution in [3.8, 4) is 0 Å². The highest BCUT2D eigenvalue weighted by Crippen LogP contribution is 2.25. The Morgan fingerprint density at radius 1 is 1.19 bits per heavy atom. The fraction of sp³-hybridized carbons (Fsp3) is 0.235. The number of benzene rings is 2. The zero-order valence-electron chi connectivity index (χ0n) is 11.7. The largest absolute Gasteiger partial charge is 0.396 e. The van der Waals surface area contributed by atoms with E-state index in [1.807, 2.05) is 48.5 Å². The highest BCUT2D eigenvalue weighted by molar-refractivity contribution is 5.98. The minimum absolute atomic E-state index is 0.0268. The highest BCUT2D eigenvalue weighted by Gasteiger charge is 2.26. The Morgan fingerprint density at radius 3 is 2.67 bits per heavy atom. The van der Waals surface area contributed by atoms with Crippen molar-refractivity contribution < 1.29 is 9.90 Å². The van der Waals surface area contributed by atoms with Gasteiger partial charge >= 0.3 is 0 Å². The molecule has 0 spiro atoms. The van der Waals surface area contributed by atoms with E-state index >= 15 is 0 Å². The number of carbonyl (C=O) groups excluding carboxylic acids is 1. The lowest BCUT2D eigenvalue weighted by Gasteiger charge is -2.12. The summed E-state index contributed by atoms with van der Waals surface area (Å²) in [4.78, 5) is 12.3. The molecule has 2 aromatic rings. The van der Waals surface area contributed by atoms with Crippen LogP contribution in [-0.2, 0) is 17.6 Å². The van der Waals surface area contributed by atoms with Crippen LogP contribution in [0, 0.1) is 0 Å². The number of aliphatic hydroxyl groups is 1. The summed E-state index contributed by atoms with van der Waals surface area (Å²) >= 11 is 0. The average Bonchev–Trinajstić information content (AvgIpc) is 2.94. The van der Waals surface area contributed by atoms with Crippen molar-refractivity contribution in [1.29, 1.82) is 0 Å². The van der Waals surface area contributed by atoms with Crippen LogP contribution >= 0.6 is 0 Å². The third-order valence-electron chi connectivity index (χ3n) is 3.71. The molecule has 0 saturated carbocycles. The topological polar surface area (TPSA) is 61.4 Å². The Labute approximate surface area is 123 Å². The number of anilines is 2. The Kier molecular flexibility index (Phi) is 3.88. The van der Waals surface area contributed by atoms with Crippen molar-refractivity contribution in [3.63, 3.8) is 0 Å². The van der Waals surface area contributed by atoms with Gasteiger partial charge in [0.15, 0.2) is 0 Å². The maximum atomic E-state index is 12.3. The second-order valence-electron chi connectivity index (χ2n) is 5.22. The van der Waals surface area contributed by atoms with Gasteiger partial charge in [0, 0.05) is 24.4 Å². The molecule has 1 aliphatic heterocycles. The van der Waals surface area contributed by atoms with Gasteiger partial charge in [-0.3, -0.25) is 4.79 Å². The molecule has 0 aromatic heterocycles. The zero-order valence-corrected chi connectivity index (χ0v) is 11.7. The fourth-order valence-electron chi connectivity index (χ4n) is 2.57. The molecule has 1 unspecified atom stereocenters. The van der Waals surface area contributed by atoms with E-state index in [0.29, 0.717) is 12.8 Å². The first kappa shape index (κ1) is 13.6. The summed E-state index contributed by atoms with van der Waals surface area (Å²) < 4.78 is 0. The van der Waals surface area contributed by atoms with E-state index < -0.39 is 0 Å². The van der Waals surface area contributed by atoms with Gasteiger partial charge in [0.25, 0.3) is 0 Å². The number of carbonyl (C=O) groups is 1. The SMILES string of the molecule is O=C(Nc1ccc(CCO)cc1)C1Cc2ccccc2N1. The number of hydrogen-bond donors (Lipinski definition) is 3. The molecule has 1 heterocycles. The molecule has 2 aromatic carbocycles. The summed E-state index contributed by atoms with van der Waals surface area (Å²) in [5.41, 5.74) is 4.05. The molecule has 0 bridgehead atoms. The van der Waals surface area contributed by atoms with E-state index in [1.54, 1.807) is 0 Å². The van der Waals surface area contributed by atoms with Crippen LogP contribution in [0.15, 0.2) is 48.5 Å². The first-order valence-electron chi connectivity index (χ1n) is 7.11. The van der Waals surface area contributed by atoms with Gasteiger partial charge in [0.1, 0.15) is 6.04 Å². The van der Waals surface area contributed by atoms with Crippen LogP contribution in [0.3, 0.4) is 0 Å². The van der Waals surface area contributed by atoms with E-state index in [1.165, 1.54) is 5.56 Å². The van der Waals surface area contributed by atoms with E-state index in [9.17, 15) is 4.79 Å². The molecule has 4 heteroatoms. The monoisotopic (exact) mass is 282 g/mol. The van der Waals surface area contributed by atoms with Gasteiger partial charge in [-0.05, 0) is 35.7 Å². The molecule has 1 atom stereocenters. The first-order chi connectivity index (χ1) is 10.3. The fourth-order valence-corrected chi connectivity index (χ4v) is 2.57. The van der Waals surface area contributed by atoms with Crippen LogP contribution in [0.4, 0.5) is 11.4 Å². The second-order valence-corrected chi connectivity index (χ2v) is 5.22. The third-order valence-corrected chi connectivity index (χ3v) is 3.71. The van der Waals surface area contributed by atoms with Crippen molar-refractivity contribution >= 4 is 17.3 Å². The highest BCUT2D eigenvalue weighted by atomic mass is 16.2. The molecule has 3 rings (SSSR count). The van der Waals surface area contributed by atoms with Crippen LogP contribution in [-0.4, -0.2) is 23.7 Å². The van der Waals surface area contributed by atoms with Gasteiger partial charge in [-0.1, -0.05) is 30.3 Å². The number of hydrogen-bond acceptors (Lipinski definition) is 3. The molecule has 0 saturated heterocycles. The molecule has 3 N–H and O–H groups in total. The zero-order chi connectivity index (χ0) is 14.7.